The first kappa shape index (κ1) is 11.6. The van der Waals surface area contributed by atoms with Crippen molar-refractivity contribution in [2.45, 2.75) is 24.5 Å². The fraction of sp³-hybridized carbons (Fsp3) is 0.667. The van der Waals surface area contributed by atoms with Crippen LogP contribution in [0.1, 0.15) is 13.3 Å². The normalized spacial score (nSPS) is 28.1. The van der Waals surface area contributed by atoms with Crippen molar-refractivity contribution in [1.82, 2.24) is 14.5 Å². The van der Waals surface area contributed by atoms with Gasteiger partial charge in [0.25, 0.3) is 10.0 Å². The molecule has 6 nitrogen and oxygen atoms in total. The van der Waals surface area contributed by atoms with E-state index >= 15 is 0 Å². The van der Waals surface area contributed by atoms with Crippen molar-refractivity contribution < 1.29 is 13.5 Å². The first-order valence-corrected chi connectivity index (χ1v) is 6.63. The van der Waals surface area contributed by atoms with Crippen LogP contribution in [0.5, 0.6) is 0 Å². The number of aromatic amines is 1. The Kier molecular flexibility index (Phi) is 3.00. The second kappa shape index (κ2) is 4.15. The lowest BCUT2D eigenvalue weighted by molar-refractivity contribution is 0.0604. The number of nitrogens with one attached hydrogen (secondary N) is 1. The minimum absolute atomic E-state index is 0.0780. The lowest BCUT2D eigenvalue weighted by Crippen LogP contribution is -2.45. The smallest absolute Gasteiger partial charge is 0.260 e. The van der Waals surface area contributed by atoms with Gasteiger partial charge in [-0.1, -0.05) is 6.92 Å². The molecule has 0 amide bonds. The summed E-state index contributed by atoms with van der Waals surface area (Å²) in [4.78, 5) is 0. The molecule has 0 aromatic carbocycles. The number of hydrogen-bond donors (Lipinski definition) is 2. The summed E-state index contributed by atoms with van der Waals surface area (Å²) in [6.07, 6.45) is 1.48. The van der Waals surface area contributed by atoms with E-state index in [1.165, 1.54) is 16.6 Å². The minimum Gasteiger partial charge on any atom is -0.391 e. The Bertz CT molecular complexity index is 443. The van der Waals surface area contributed by atoms with Crippen molar-refractivity contribution in [2.24, 2.45) is 5.92 Å². The highest BCUT2D eigenvalue weighted by Gasteiger charge is 2.33. The van der Waals surface area contributed by atoms with Gasteiger partial charge in [-0.3, -0.25) is 5.10 Å². The minimum atomic E-state index is -3.52. The Morgan fingerprint density at radius 3 is 2.94 bits per heavy atom. The van der Waals surface area contributed by atoms with E-state index in [0.717, 1.165) is 0 Å². The van der Waals surface area contributed by atoms with Crippen molar-refractivity contribution in [1.29, 1.82) is 0 Å². The van der Waals surface area contributed by atoms with Crippen LogP contribution in [0.15, 0.2) is 17.3 Å². The van der Waals surface area contributed by atoms with Gasteiger partial charge >= 0.3 is 0 Å². The fourth-order valence-electron chi connectivity index (χ4n) is 1.76. The van der Waals surface area contributed by atoms with Gasteiger partial charge < -0.3 is 5.11 Å². The summed E-state index contributed by atoms with van der Waals surface area (Å²) in [6, 6.07) is 1.42. The van der Waals surface area contributed by atoms with Crippen molar-refractivity contribution in [3.8, 4) is 0 Å². The number of hydrogen-bond acceptors (Lipinski definition) is 4. The highest BCUT2D eigenvalue weighted by molar-refractivity contribution is 7.89. The number of H-pyrrole nitrogens is 1. The summed E-state index contributed by atoms with van der Waals surface area (Å²) in [6.45, 7) is 2.52. The zero-order valence-electron chi connectivity index (χ0n) is 9.00. The third-order valence-electron chi connectivity index (χ3n) is 2.97. The lowest BCUT2D eigenvalue weighted by atomic mass is 9.98. The molecule has 0 aliphatic carbocycles. The monoisotopic (exact) mass is 245 g/mol. The van der Waals surface area contributed by atoms with Crippen LogP contribution in [-0.2, 0) is 10.0 Å². The largest absolute Gasteiger partial charge is 0.391 e. The number of aliphatic hydroxyl groups is 1. The third-order valence-corrected chi connectivity index (χ3v) is 4.77. The Hall–Kier alpha value is -0.920. The van der Waals surface area contributed by atoms with Crippen LogP contribution in [0.25, 0.3) is 0 Å². The van der Waals surface area contributed by atoms with E-state index in [-0.39, 0.29) is 17.5 Å². The van der Waals surface area contributed by atoms with Crippen molar-refractivity contribution in [3.63, 3.8) is 0 Å². The predicted molar refractivity (Wildman–Crippen MR) is 57.1 cm³/mol. The maximum Gasteiger partial charge on any atom is 0.260 e. The predicted octanol–water partition coefficient (Wildman–Crippen LogP) is -0.199. The summed E-state index contributed by atoms with van der Waals surface area (Å²) >= 11 is 0. The van der Waals surface area contributed by atoms with E-state index in [0.29, 0.717) is 13.0 Å². The Morgan fingerprint density at radius 1 is 1.62 bits per heavy atom. The molecule has 2 rings (SSSR count). The zero-order chi connectivity index (χ0) is 11.8. The van der Waals surface area contributed by atoms with Gasteiger partial charge in [0.15, 0.2) is 5.03 Å². The van der Waals surface area contributed by atoms with E-state index in [4.69, 9.17) is 0 Å². The Labute approximate surface area is 94.3 Å². The van der Waals surface area contributed by atoms with Crippen molar-refractivity contribution >= 4 is 10.0 Å². The molecule has 0 radical (unpaired) electrons. The third kappa shape index (κ3) is 1.98. The Balaban J connectivity index is 2.20. The molecule has 1 aromatic rings. The standard InChI is InChI=1S/C9H15N3O3S/c1-7-3-5-12(6-8(7)13)16(14,15)9-2-4-10-11-9/h2,4,7-8,13H,3,5-6H2,1H3,(H,10,11). The van der Waals surface area contributed by atoms with E-state index in [1.54, 1.807) is 0 Å². The van der Waals surface area contributed by atoms with Crippen LogP contribution in [0.4, 0.5) is 0 Å². The number of β-amino-alcohol motifs (C(OH)–C–C–N with tert-alkyl or cyclic N) is 1. The quantitative estimate of drug-likeness (QED) is 0.755. The average Bonchev–Trinajstić information content (AvgIpc) is 2.75. The summed E-state index contributed by atoms with van der Waals surface area (Å²) in [7, 11) is -3.52. The van der Waals surface area contributed by atoms with Gasteiger partial charge in [0.1, 0.15) is 0 Å². The molecule has 90 valence electrons. The molecule has 1 saturated heterocycles. The van der Waals surface area contributed by atoms with E-state index in [9.17, 15) is 13.5 Å². The summed E-state index contributed by atoms with van der Waals surface area (Å²) in [5.41, 5.74) is 0. The highest BCUT2D eigenvalue weighted by Crippen LogP contribution is 2.22. The molecule has 1 aliphatic heterocycles. The summed E-state index contributed by atoms with van der Waals surface area (Å²) in [5.74, 6) is 0.146. The first-order valence-electron chi connectivity index (χ1n) is 5.19. The molecule has 1 aliphatic rings. The number of sulfonamides is 1. The molecule has 2 heterocycles. The van der Waals surface area contributed by atoms with Gasteiger partial charge in [-0.15, -0.1) is 0 Å². The average molecular weight is 245 g/mol. The van der Waals surface area contributed by atoms with E-state index in [1.807, 2.05) is 6.92 Å². The fourth-order valence-corrected chi connectivity index (χ4v) is 3.14. The van der Waals surface area contributed by atoms with Gasteiger partial charge in [0.2, 0.25) is 0 Å². The van der Waals surface area contributed by atoms with Crippen molar-refractivity contribution in [3.05, 3.63) is 12.3 Å². The van der Waals surface area contributed by atoms with E-state index < -0.39 is 16.1 Å². The maximum atomic E-state index is 12.0. The molecule has 0 saturated carbocycles. The summed E-state index contributed by atoms with van der Waals surface area (Å²) in [5, 5.41) is 15.8. The van der Waals surface area contributed by atoms with Gasteiger partial charge in [-0.25, -0.2) is 8.42 Å². The number of piperidine rings is 1. The van der Waals surface area contributed by atoms with Crippen molar-refractivity contribution in [2.75, 3.05) is 13.1 Å². The second-order valence-corrected chi connectivity index (χ2v) is 6.02. The molecule has 0 bridgehead atoms. The van der Waals surface area contributed by atoms with Gasteiger partial charge in [-0.05, 0) is 18.4 Å². The highest BCUT2D eigenvalue weighted by atomic mass is 32.2. The molecule has 2 N–H and O–H groups in total. The molecule has 2 unspecified atom stereocenters. The van der Waals surface area contributed by atoms with E-state index in [2.05, 4.69) is 10.2 Å². The van der Waals surface area contributed by atoms with Crippen LogP contribution in [-0.4, -0.2) is 47.2 Å². The molecule has 0 spiro atoms. The number of aromatic nitrogens is 2. The van der Waals surface area contributed by atoms with Crippen LogP contribution >= 0.6 is 0 Å². The topological polar surface area (TPSA) is 86.3 Å². The molecule has 1 aromatic heterocycles. The van der Waals surface area contributed by atoms with Crippen LogP contribution in [0.2, 0.25) is 0 Å². The molecule has 16 heavy (non-hydrogen) atoms. The second-order valence-electron chi connectivity index (χ2n) is 4.12. The van der Waals surface area contributed by atoms with Gasteiger partial charge in [0, 0.05) is 13.1 Å². The van der Waals surface area contributed by atoms with Crippen LogP contribution in [0, 0.1) is 5.92 Å². The molecular weight excluding hydrogens is 230 g/mol. The van der Waals surface area contributed by atoms with Gasteiger partial charge in [-0.2, -0.15) is 9.40 Å². The Morgan fingerprint density at radius 2 is 2.38 bits per heavy atom. The zero-order valence-corrected chi connectivity index (χ0v) is 9.81. The van der Waals surface area contributed by atoms with Crippen LogP contribution in [0.3, 0.4) is 0 Å². The van der Waals surface area contributed by atoms with Crippen LogP contribution < -0.4 is 0 Å². The number of aliphatic hydroxyl groups excluding tert-OH is 1. The molecule has 1 fully saturated rings. The molecular formula is C9H15N3O3S. The van der Waals surface area contributed by atoms with Gasteiger partial charge in [0.05, 0.1) is 12.3 Å². The number of nitrogens with zero attached hydrogens (tertiary/aromatic N) is 2. The first-order chi connectivity index (χ1) is 7.51. The molecule has 2 atom stereocenters. The SMILES string of the molecule is CC1CCN(S(=O)(=O)c2ccn[nH]2)CC1O. The maximum absolute atomic E-state index is 12.0. The number of rotatable bonds is 2. The molecule has 7 heteroatoms. The lowest BCUT2D eigenvalue weighted by Gasteiger charge is -2.32. The summed E-state index contributed by atoms with van der Waals surface area (Å²) < 4.78 is 25.4.